The normalized spacial score (nSPS) is 11.6. The number of hydrogen-bond donors (Lipinski definition) is 0. The average molecular weight is 598 g/mol. The Morgan fingerprint density at radius 2 is 1.40 bits per heavy atom. The first-order chi connectivity index (χ1) is 14.0. The molecule has 0 bridgehead atoms. The predicted octanol–water partition coefficient (Wildman–Crippen LogP) is 6.99. The van der Waals surface area contributed by atoms with E-state index in [9.17, 15) is 13.2 Å². The van der Waals surface area contributed by atoms with Crippen molar-refractivity contribution in [3.05, 3.63) is 83.7 Å². The van der Waals surface area contributed by atoms with Gasteiger partial charge in [-0.25, -0.2) is 16.4 Å². The fourth-order valence-corrected chi connectivity index (χ4v) is 4.08. The van der Waals surface area contributed by atoms with Crippen molar-refractivity contribution in [2.45, 2.75) is 6.18 Å². The number of rotatable bonds is 2. The molecule has 3 aromatic carbocycles. The van der Waals surface area contributed by atoms with Gasteiger partial charge in [-0.2, -0.15) is 30.4 Å². The van der Waals surface area contributed by atoms with E-state index in [-0.39, 0.29) is 20.1 Å². The van der Waals surface area contributed by atoms with Crippen molar-refractivity contribution in [3.8, 4) is 21.8 Å². The molecule has 30 heavy (non-hydrogen) atoms. The van der Waals surface area contributed by atoms with Gasteiger partial charge in [0.1, 0.15) is 0 Å². The molecule has 0 unspecified atom stereocenters. The molecule has 0 saturated heterocycles. The zero-order valence-electron chi connectivity index (χ0n) is 15.2. The van der Waals surface area contributed by atoms with E-state index in [0.29, 0.717) is 11.3 Å². The van der Waals surface area contributed by atoms with Gasteiger partial charge in [0, 0.05) is 36.7 Å². The van der Waals surface area contributed by atoms with Crippen LogP contribution in [-0.4, -0.2) is 10.2 Å². The Hall–Kier alpha value is -2.60. The summed E-state index contributed by atoms with van der Waals surface area (Å²) in [6.07, 6.45) is -4.37. The van der Waals surface area contributed by atoms with Crippen molar-refractivity contribution in [1.82, 2.24) is 10.2 Å². The van der Waals surface area contributed by atoms with Gasteiger partial charge in [-0.3, -0.25) is 0 Å². The topological polar surface area (TPSA) is 25.8 Å². The molecule has 151 valence electrons. The zero-order chi connectivity index (χ0) is 20.0. The molecule has 0 aliphatic carbocycles. The van der Waals surface area contributed by atoms with E-state index in [1.165, 1.54) is 23.5 Å². The van der Waals surface area contributed by atoms with Crippen LogP contribution in [0.5, 0.6) is 0 Å². The second-order valence-electron chi connectivity index (χ2n) is 6.61. The number of benzene rings is 3. The summed E-state index contributed by atoms with van der Waals surface area (Å²) in [5.74, 6) is 0. The standard InChI is InChI=1S/C23H12F3N2S.Ir/c24-23(25,26)17-9-7-14(8-10-17)21-18-12-15-4-1-2-5-16(15)13-19(18)22(28-27-21)20-6-3-11-29-20;/h1-5,7-13H;/q-1;. The van der Waals surface area contributed by atoms with Crippen LogP contribution >= 0.6 is 11.3 Å². The Morgan fingerprint density at radius 3 is 1.97 bits per heavy atom. The van der Waals surface area contributed by atoms with E-state index in [1.807, 2.05) is 41.8 Å². The van der Waals surface area contributed by atoms with Crippen molar-refractivity contribution in [2.24, 2.45) is 0 Å². The third kappa shape index (κ3) is 3.65. The van der Waals surface area contributed by atoms with Gasteiger partial charge in [-0.1, -0.05) is 47.3 Å². The molecule has 0 N–H and O–H groups in total. The van der Waals surface area contributed by atoms with Gasteiger partial charge in [0.05, 0.1) is 11.3 Å². The van der Waals surface area contributed by atoms with Gasteiger partial charge in [-0.15, -0.1) is 5.38 Å². The maximum Gasteiger partial charge on any atom is 0.416 e. The predicted molar refractivity (Wildman–Crippen MR) is 110 cm³/mol. The number of hydrogen-bond acceptors (Lipinski definition) is 3. The monoisotopic (exact) mass is 598 g/mol. The first-order valence-corrected chi connectivity index (χ1v) is 9.71. The quantitative estimate of drug-likeness (QED) is 0.162. The zero-order valence-corrected chi connectivity index (χ0v) is 18.4. The molecule has 0 aliphatic rings. The molecule has 2 heterocycles. The molecule has 5 rings (SSSR count). The van der Waals surface area contributed by atoms with Crippen molar-refractivity contribution in [2.75, 3.05) is 0 Å². The number of aromatic nitrogens is 2. The van der Waals surface area contributed by atoms with Crippen LogP contribution in [0.4, 0.5) is 13.2 Å². The van der Waals surface area contributed by atoms with Crippen LogP contribution in [0.15, 0.2) is 72.1 Å². The minimum Gasteiger partial charge on any atom is -0.237 e. The summed E-state index contributed by atoms with van der Waals surface area (Å²) in [6, 6.07) is 22.0. The Balaban J connectivity index is 0.00000218. The maximum atomic E-state index is 12.9. The third-order valence-electron chi connectivity index (χ3n) is 4.82. The van der Waals surface area contributed by atoms with Crippen LogP contribution in [-0.2, 0) is 26.3 Å². The summed E-state index contributed by atoms with van der Waals surface area (Å²) in [6.45, 7) is 0. The molecule has 0 aliphatic heterocycles. The Labute approximate surface area is 187 Å². The number of thiophene rings is 1. The molecule has 0 atom stereocenters. The molecule has 7 heteroatoms. The summed E-state index contributed by atoms with van der Waals surface area (Å²) in [7, 11) is 0. The molecular weight excluding hydrogens is 586 g/mol. The minimum atomic E-state index is -4.37. The van der Waals surface area contributed by atoms with E-state index in [0.717, 1.165) is 44.2 Å². The SMILES string of the molecule is FC(F)(F)c1ccc(-c2nnc(-c3[c-]ccs3)c3cc4ccccc4cc23)cc1.[Ir]. The molecule has 0 spiro atoms. The van der Waals surface area contributed by atoms with E-state index < -0.39 is 11.7 Å². The molecule has 1 radical (unpaired) electrons. The first kappa shape index (κ1) is 20.7. The van der Waals surface area contributed by atoms with Gasteiger partial charge in [0.15, 0.2) is 0 Å². The number of halogens is 3. The van der Waals surface area contributed by atoms with Crippen LogP contribution in [0.2, 0.25) is 0 Å². The van der Waals surface area contributed by atoms with Crippen LogP contribution in [0.25, 0.3) is 43.4 Å². The van der Waals surface area contributed by atoms with Crippen molar-refractivity contribution >= 4 is 32.9 Å². The Bertz CT molecular complexity index is 1330. The van der Waals surface area contributed by atoms with Gasteiger partial charge in [0.25, 0.3) is 0 Å². The van der Waals surface area contributed by atoms with Gasteiger partial charge < -0.3 is 0 Å². The van der Waals surface area contributed by atoms with Gasteiger partial charge in [-0.05, 0) is 34.4 Å². The van der Waals surface area contributed by atoms with E-state index in [4.69, 9.17) is 0 Å². The Kier molecular flexibility index (Phi) is 5.45. The number of nitrogens with zero attached hydrogens (tertiary/aromatic N) is 2. The van der Waals surface area contributed by atoms with Crippen LogP contribution in [0.3, 0.4) is 0 Å². The molecule has 2 nitrogen and oxygen atoms in total. The molecule has 2 aromatic heterocycles. The van der Waals surface area contributed by atoms with Crippen LogP contribution < -0.4 is 0 Å². The fourth-order valence-electron chi connectivity index (χ4n) is 3.41. The van der Waals surface area contributed by atoms with Gasteiger partial charge >= 0.3 is 6.18 Å². The summed E-state index contributed by atoms with van der Waals surface area (Å²) in [5.41, 5.74) is 1.18. The van der Waals surface area contributed by atoms with Crippen LogP contribution in [0, 0.1) is 6.07 Å². The largest absolute Gasteiger partial charge is 0.416 e. The first-order valence-electron chi connectivity index (χ1n) is 8.83. The van der Waals surface area contributed by atoms with Crippen molar-refractivity contribution in [3.63, 3.8) is 0 Å². The smallest absolute Gasteiger partial charge is 0.237 e. The average Bonchev–Trinajstić information content (AvgIpc) is 3.25. The van der Waals surface area contributed by atoms with E-state index in [1.54, 1.807) is 0 Å². The number of alkyl halides is 3. The van der Waals surface area contributed by atoms with Crippen molar-refractivity contribution < 1.29 is 33.3 Å². The summed E-state index contributed by atoms with van der Waals surface area (Å²) in [4.78, 5) is 0.872. The second-order valence-corrected chi connectivity index (χ2v) is 7.53. The third-order valence-corrected chi connectivity index (χ3v) is 5.63. The fraction of sp³-hybridized carbons (Fsp3) is 0.0435. The molecule has 0 amide bonds. The van der Waals surface area contributed by atoms with Crippen LogP contribution in [0.1, 0.15) is 5.56 Å². The molecule has 0 saturated carbocycles. The van der Waals surface area contributed by atoms with E-state index >= 15 is 0 Å². The molecule has 0 fully saturated rings. The summed E-state index contributed by atoms with van der Waals surface area (Å²) in [5, 5.41) is 14.5. The summed E-state index contributed by atoms with van der Waals surface area (Å²) < 4.78 is 38.8. The van der Waals surface area contributed by atoms with Gasteiger partial charge in [0.2, 0.25) is 0 Å². The minimum absolute atomic E-state index is 0. The van der Waals surface area contributed by atoms with Crippen molar-refractivity contribution in [1.29, 1.82) is 0 Å². The molecular formula is C23H12F3IrN2S-. The summed E-state index contributed by atoms with van der Waals surface area (Å²) >= 11 is 1.52. The maximum absolute atomic E-state index is 12.9. The van der Waals surface area contributed by atoms with E-state index in [2.05, 4.69) is 22.3 Å². The second kappa shape index (κ2) is 7.91. The Morgan fingerprint density at radius 1 is 0.800 bits per heavy atom. The molecule has 5 aromatic rings. The number of fused-ring (bicyclic) bond motifs is 2.